The van der Waals surface area contributed by atoms with Gasteiger partial charge in [-0.15, -0.1) is 0 Å². The van der Waals surface area contributed by atoms with Crippen molar-refractivity contribution in [3.63, 3.8) is 0 Å². The Bertz CT molecular complexity index is 884. The van der Waals surface area contributed by atoms with Crippen molar-refractivity contribution in [2.75, 3.05) is 19.7 Å². The van der Waals surface area contributed by atoms with Crippen LogP contribution in [0.2, 0.25) is 0 Å². The smallest absolute Gasteiger partial charge is 0.264 e. The fraction of sp³-hybridized carbons (Fsp3) is 0.478. The molecule has 5 rings (SSSR count). The Labute approximate surface area is 170 Å². The first-order valence-electron chi connectivity index (χ1n) is 10.3. The van der Waals surface area contributed by atoms with E-state index in [2.05, 4.69) is 4.98 Å². The highest BCUT2D eigenvalue weighted by Crippen LogP contribution is 2.37. The van der Waals surface area contributed by atoms with Gasteiger partial charge >= 0.3 is 0 Å². The number of pyridine rings is 1. The zero-order valence-corrected chi connectivity index (χ0v) is 16.7. The summed E-state index contributed by atoms with van der Waals surface area (Å²) in [5.74, 6) is 0.885. The van der Waals surface area contributed by atoms with Crippen LogP contribution in [0.25, 0.3) is 0 Å². The number of ether oxygens (including phenoxy) is 3. The number of amides is 1. The average molecular weight is 394 g/mol. The Morgan fingerprint density at radius 1 is 1.24 bits per heavy atom. The van der Waals surface area contributed by atoms with Crippen LogP contribution in [0.5, 0.6) is 5.75 Å². The Morgan fingerprint density at radius 2 is 2.10 bits per heavy atom. The molecule has 152 valence electrons. The zero-order chi connectivity index (χ0) is 19.8. The third-order valence-electron chi connectivity index (χ3n) is 6.05. The lowest BCUT2D eigenvalue weighted by molar-refractivity contribution is -0.205. The molecule has 0 saturated carbocycles. The number of likely N-dealkylation sites (tertiary alicyclic amines) is 1. The molecule has 2 saturated heterocycles. The summed E-state index contributed by atoms with van der Waals surface area (Å²) in [5.41, 5.74) is 2.78. The van der Waals surface area contributed by atoms with E-state index in [-0.39, 0.29) is 17.6 Å². The number of nitrogens with zero attached hydrogens (tertiary/aromatic N) is 2. The molecule has 1 amide bonds. The molecule has 2 atom stereocenters. The van der Waals surface area contributed by atoms with Gasteiger partial charge in [-0.3, -0.25) is 9.78 Å². The lowest BCUT2D eigenvalue weighted by Crippen LogP contribution is -2.68. The summed E-state index contributed by atoms with van der Waals surface area (Å²) >= 11 is 0. The van der Waals surface area contributed by atoms with Crippen LogP contribution in [0.4, 0.5) is 0 Å². The van der Waals surface area contributed by atoms with Crippen molar-refractivity contribution in [2.45, 2.75) is 50.6 Å². The van der Waals surface area contributed by atoms with E-state index in [9.17, 15) is 4.79 Å². The van der Waals surface area contributed by atoms with Crippen LogP contribution in [0.15, 0.2) is 42.5 Å². The maximum Gasteiger partial charge on any atom is 0.264 e. The SMILES string of the molecule is Cc1cccc(CO[C@H]2CCOC3(C2)CN(C(=O)[C@H]2Cc4ccccc4O2)C3)n1. The molecule has 3 aliphatic rings. The molecule has 3 aliphatic heterocycles. The average Bonchev–Trinajstić information content (AvgIpc) is 3.14. The van der Waals surface area contributed by atoms with E-state index in [1.165, 1.54) is 0 Å². The predicted octanol–water partition coefficient (Wildman–Crippen LogP) is 2.67. The normalized spacial score (nSPS) is 24.7. The first-order valence-corrected chi connectivity index (χ1v) is 10.3. The minimum Gasteiger partial charge on any atom is -0.480 e. The first-order chi connectivity index (χ1) is 14.1. The highest BCUT2D eigenvalue weighted by atomic mass is 16.5. The lowest BCUT2D eigenvalue weighted by Gasteiger charge is -2.53. The second-order valence-corrected chi connectivity index (χ2v) is 8.34. The van der Waals surface area contributed by atoms with Crippen LogP contribution in [0, 0.1) is 6.92 Å². The number of carbonyl (C=O) groups is 1. The molecule has 1 aromatic heterocycles. The van der Waals surface area contributed by atoms with Gasteiger partial charge in [-0.25, -0.2) is 0 Å². The second-order valence-electron chi connectivity index (χ2n) is 8.34. The lowest BCUT2D eigenvalue weighted by atomic mass is 9.84. The van der Waals surface area contributed by atoms with Gasteiger partial charge in [0.15, 0.2) is 6.10 Å². The van der Waals surface area contributed by atoms with Gasteiger partial charge in [0.25, 0.3) is 5.91 Å². The van der Waals surface area contributed by atoms with Crippen molar-refractivity contribution < 1.29 is 19.0 Å². The van der Waals surface area contributed by atoms with Crippen molar-refractivity contribution in [3.8, 4) is 5.75 Å². The fourth-order valence-corrected chi connectivity index (χ4v) is 4.56. The van der Waals surface area contributed by atoms with E-state index in [1.54, 1.807) is 0 Å². The van der Waals surface area contributed by atoms with E-state index >= 15 is 0 Å². The number of hydrogen-bond donors (Lipinski definition) is 0. The maximum atomic E-state index is 12.9. The van der Waals surface area contributed by atoms with E-state index < -0.39 is 6.10 Å². The number of aromatic nitrogens is 1. The highest BCUT2D eigenvalue weighted by Gasteiger charge is 2.51. The van der Waals surface area contributed by atoms with E-state index in [1.807, 2.05) is 54.3 Å². The van der Waals surface area contributed by atoms with Gasteiger partial charge in [0.2, 0.25) is 0 Å². The minimum absolute atomic E-state index is 0.0578. The number of carbonyl (C=O) groups excluding carboxylic acids is 1. The standard InChI is InChI=1S/C23H26N2O4/c1-16-5-4-7-18(24-16)13-27-19-9-10-28-23(12-19)14-25(15-23)22(26)21-11-17-6-2-3-8-20(17)29-21/h2-8,19,21H,9-15H2,1H3/t19-,21+/m0/s1. The topological polar surface area (TPSA) is 60.9 Å². The summed E-state index contributed by atoms with van der Waals surface area (Å²) in [7, 11) is 0. The second kappa shape index (κ2) is 7.43. The summed E-state index contributed by atoms with van der Waals surface area (Å²) in [6, 6.07) is 13.9. The summed E-state index contributed by atoms with van der Waals surface area (Å²) in [5, 5.41) is 0. The molecule has 1 spiro atoms. The monoisotopic (exact) mass is 394 g/mol. The minimum atomic E-state index is -0.409. The molecule has 0 bridgehead atoms. The van der Waals surface area contributed by atoms with E-state index in [0.29, 0.717) is 32.7 Å². The molecular formula is C23H26N2O4. The van der Waals surface area contributed by atoms with Gasteiger partial charge in [-0.2, -0.15) is 0 Å². The van der Waals surface area contributed by atoms with Gasteiger partial charge in [-0.1, -0.05) is 24.3 Å². The predicted molar refractivity (Wildman–Crippen MR) is 107 cm³/mol. The molecule has 0 radical (unpaired) electrons. The number of hydrogen-bond acceptors (Lipinski definition) is 5. The molecule has 6 heteroatoms. The quantitative estimate of drug-likeness (QED) is 0.798. The van der Waals surface area contributed by atoms with Crippen molar-refractivity contribution in [2.24, 2.45) is 0 Å². The van der Waals surface area contributed by atoms with Crippen LogP contribution >= 0.6 is 0 Å². The maximum absolute atomic E-state index is 12.9. The molecular weight excluding hydrogens is 368 g/mol. The fourth-order valence-electron chi connectivity index (χ4n) is 4.56. The van der Waals surface area contributed by atoms with Gasteiger partial charge in [-0.05, 0) is 37.1 Å². The third-order valence-corrected chi connectivity index (χ3v) is 6.05. The van der Waals surface area contributed by atoms with Crippen LogP contribution in [0.3, 0.4) is 0 Å². The molecule has 0 unspecified atom stereocenters. The van der Waals surface area contributed by atoms with E-state index in [4.69, 9.17) is 14.2 Å². The summed E-state index contributed by atoms with van der Waals surface area (Å²) in [6.45, 7) is 4.40. The van der Waals surface area contributed by atoms with Crippen molar-refractivity contribution in [1.29, 1.82) is 0 Å². The van der Waals surface area contributed by atoms with Crippen LogP contribution in [-0.2, 0) is 27.3 Å². The molecule has 1 aromatic carbocycles. The van der Waals surface area contributed by atoms with Crippen molar-refractivity contribution in [1.82, 2.24) is 9.88 Å². The molecule has 6 nitrogen and oxygen atoms in total. The number of rotatable bonds is 4. The van der Waals surface area contributed by atoms with Crippen molar-refractivity contribution >= 4 is 5.91 Å². The number of benzene rings is 1. The van der Waals surface area contributed by atoms with Gasteiger partial charge in [0.05, 0.1) is 31.5 Å². The first kappa shape index (κ1) is 18.6. The largest absolute Gasteiger partial charge is 0.480 e. The van der Waals surface area contributed by atoms with Gasteiger partial charge < -0.3 is 19.1 Å². The highest BCUT2D eigenvalue weighted by molar-refractivity contribution is 5.83. The van der Waals surface area contributed by atoms with E-state index in [0.717, 1.165) is 35.5 Å². The van der Waals surface area contributed by atoms with Gasteiger partial charge in [0.1, 0.15) is 11.4 Å². The van der Waals surface area contributed by atoms with Crippen LogP contribution < -0.4 is 4.74 Å². The summed E-state index contributed by atoms with van der Waals surface area (Å²) < 4.78 is 18.1. The Kier molecular flexibility index (Phi) is 4.76. The molecule has 2 aromatic rings. The number of aryl methyl sites for hydroxylation is 1. The number of fused-ring (bicyclic) bond motifs is 1. The summed E-state index contributed by atoms with van der Waals surface area (Å²) in [6.07, 6.45) is 2.06. The number of para-hydroxylation sites is 1. The molecule has 2 fully saturated rings. The van der Waals surface area contributed by atoms with Crippen molar-refractivity contribution in [3.05, 3.63) is 59.4 Å². The van der Waals surface area contributed by atoms with Crippen LogP contribution in [0.1, 0.15) is 29.8 Å². The Balaban J connectivity index is 1.14. The van der Waals surface area contributed by atoms with Gasteiger partial charge in [0, 0.05) is 25.1 Å². The Morgan fingerprint density at radius 3 is 2.93 bits per heavy atom. The molecule has 29 heavy (non-hydrogen) atoms. The Hall–Kier alpha value is -2.44. The molecule has 0 N–H and O–H groups in total. The third kappa shape index (κ3) is 3.74. The molecule has 0 aliphatic carbocycles. The summed E-state index contributed by atoms with van der Waals surface area (Å²) in [4.78, 5) is 19.2. The zero-order valence-electron chi connectivity index (χ0n) is 16.7. The molecule has 4 heterocycles. The van der Waals surface area contributed by atoms with Crippen LogP contribution in [-0.4, -0.2) is 53.3 Å².